The van der Waals surface area contributed by atoms with E-state index in [2.05, 4.69) is 67.7 Å². The van der Waals surface area contributed by atoms with Crippen molar-refractivity contribution in [3.05, 3.63) is 58.4 Å². The summed E-state index contributed by atoms with van der Waals surface area (Å²) in [6, 6.07) is 12.8. The Morgan fingerprint density at radius 1 is 1.26 bits per heavy atom. The van der Waals surface area contributed by atoms with Crippen LogP contribution in [0.3, 0.4) is 0 Å². The van der Waals surface area contributed by atoms with Gasteiger partial charge in [-0.2, -0.15) is 0 Å². The van der Waals surface area contributed by atoms with Crippen LogP contribution >= 0.6 is 23.1 Å². The van der Waals surface area contributed by atoms with Gasteiger partial charge in [-0.25, -0.2) is 4.68 Å². The van der Waals surface area contributed by atoms with E-state index in [0.717, 1.165) is 23.5 Å². The fourth-order valence-electron chi connectivity index (χ4n) is 4.29. The number of fused-ring (bicyclic) bond motifs is 1. The molecule has 1 aliphatic carbocycles. The van der Waals surface area contributed by atoms with Crippen molar-refractivity contribution in [2.45, 2.75) is 42.8 Å². The molecule has 9 heteroatoms. The number of hydrogen-bond acceptors (Lipinski definition) is 6. The van der Waals surface area contributed by atoms with E-state index in [1.165, 1.54) is 40.4 Å². The zero-order chi connectivity index (χ0) is 21.0. The monoisotopic (exact) mass is 452 g/mol. The third-order valence-electron chi connectivity index (χ3n) is 5.85. The maximum Gasteiger partial charge on any atom is 0.230 e. The molecule has 3 heterocycles. The SMILES string of the molecule is O=C(CSc1nnnn1C1CCCC1)NCC(c1cccs1)c1c[nH]c2ccccc12. The van der Waals surface area contributed by atoms with E-state index in [9.17, 15) is 4.79 Å². The van der Waals surface area contributed by atoms with Crippen molar-refractivity contribution in [3.8, 4) is 0 Å². The standard InChI is InChI=1S/C22H24N6OS2/c29-21(14-31-22-25-26-27-28(22)15-6-1-2-7-15)24-13-18(20-10-5-11-30-20)17-12-23-19-9-4-3-8-16(17)19/h3-5,8-12,15,18,23H,1-2,6-7,13-14H2,(H,24,29). The number of nitrogens with one attached hydrogen (secondary N) is 2. The number of tetrazole rings is 1. The molecule has 0 bridgehead atoms. The number of amides is 1. The Labute approximate surface area is 188 Å². The summed E-state index contributed by atoms with van der Waals surface area (Å²) in [7, 11) is 0. The van der Waals surface area contributed by atoms with Gasteiger partial charge in [0.05, 0.1) is 11.8 Å². The summed E-state index contributed by atoms with van der Waals surface area (Å²) in [5, 5.41) is 19.2. The quantitative estimate of drug-likeness (QED) is 0.388. The lowest BCUT2D eigenvalue weighted by molar-refractivity contribution is -0.118. The number of nitrogens with zero attached hydrogens (tertiary/aromatic N) is 4. The number of H-pyrrole nitrogens is 1. The summed E-state index contributed by atoms with van der Waals surface area (Å²) >= 11 is 3.13. The first kappa shape index (κ1) is 20.3. The average Bonchev–Trinajstić information content (AvgIpc) is 3.60. The summed E-state index contributed by atoms with van der Waals surface area (Å²) in [4.78, 5) is 17.3. The van der Waals surface area contributed by atoms with Crippen molar-refractivity contribution in [2.75, 3.05) is 12.3 Å². The molecule has 0 spiro atoms. The van der Waals surface area contributed by atoms with Gasteiger partial charge in [-0.05, 0) is 46.3 Å². The van der Waals surface area contributed by atoms with Gasteiger partial charge in [0.25, 0.3) is 0 Å². The molecule has 1 atom stereocenters. The number of aromatic amines is 1. The molecule has 4 aromatic rings. The molecule has 1 fully saturated rings. The van der Waals surface area contributed by atoms with Crippen molar-refractivity contribution >= 4 is 39.9 Å². The molecule has 0 radical (unpaired) electrons. The molecule has 1 aliphatic rings. The summed E-state index contributed by atoms with van der Waals surface area (Å²) in [5.74, 6) is 0.402. The fraction of sp³-hybridized carbons (Fsp3) is 0.364. The molecule has 3 aromatic heterocycles. The normalized spacial score (nSPS) is 15.5. The number of carbonyl (C=O) groups is 1. The molecule has 1 amide bonds. The van der Waals surface area contributed by atoms with Crippen LogP contribution in [0.5, 0.6) is 0 Å². The second-order valence-corrected chi connectivity index (χ2v) is 9.72. The van der Waals surface area contributed by atoms with Gasteiger partial charge in [0.15, 0.2) is 0 Å². The molecule has 7 nitrogen and oxygen atoms in total. The summed E-state index contributed by atoms with van der Waals surface area (Å²) in [5.41, 5.74) is 2.32. The van der Waals surface area contributed by atoms with Crippen LogP contribution in [0.4, 0.5) is 0 Å². The molecule has 1 unspecified atom stereocenters. The molecule has 1 aromatic carbocycles. The number of carbonyl (C=O) groups excluding carboxylic acids is 1. The van der Waals surface area contributed by atoms with E-state index < -0.39 is 0 Å². The van der Waals surface area contributed by atoms with E-state index in [1.54, 1.807) is 11.3 Å². The second kappa shape index (κ2) is 9.23. The number of hydrogen-bond donors (Lipinski definition) is 2. The lowest BCUT2D eigenvalue weighted by Gasteiger charge is -2.16. The van der Waals surface area contributed by atoms with Crippen LogP contribution in [0.1, 0.15) is 48.1 Å². The molecule has 0 saturated heterocycles. The Kier molecular flexibility index (Phi) is 6.04. The zero-order valence-electron chi connectivity index (χ0n) is 17.0. The highest BCUT2D eigenvalue weighted by atomic mass is 32.2. The molecule has 5 rings (SSSR count). The van der Waals surface area contributed by atoms with Gasteiger partial charge in [0.1, 0.15) is 0 Å². The minimum absolute atomic E-state index is 0.00707. The number of thiophene rings is 1. The number of rotatable bonds is 8. The minimum Gasteiger partial charge on any atom is -0.361 e. The van der Waals surface area contributed by atoms with Gasteiger partial charge in [-0.1, -0.05) is 48.9 Å². The van der Waals surface area contributed by atoms with Crippen molar-refractivity contribution in [1.29, 1.82) is 0 Å². The summed E-state index contributed by atoms with van der Waals surface area (Å²) < 4.78 is 1.89. The lowest BCUT2D eigenvalue weighted by Crippen LogP contribution is -2.30. The highest BCUT2D eigenvalue weighted by Crippen LogP contribution is 2.33. The maximum atomic E-state index is 12.7. The predicted molar refractivity (Wildman–Crippen MR) is 124 cm³/mol. The van der Waals surface area contributed by atoms with Crippen molar-refractivity contribution in [2.24, 2.45) is 0 Å². The largest absolute Gasteiger partial charge is 0.361 e. The van der Waals surface area contributed by atoms with Gasteiger partial charge in [0, 0.05) is 34.4 Å². The van der Waals surface area contributed by atoms with Crippen LogP contribution in [0, 0.1) is 0 Å². The molecule has 160 valence electrons. The van der Waals surface area contributed by atoms with Gasteiger partial charge >= 0.3 is 0 Å². The Morgan fingerprint density at radius 3 is 2.97 bits per heavy atom. The highest BCUT2D eigenvalue weighted by Gasteiger charge is 2.23. The molecule has 0 aliphatic heterocycles. The first-order chi connectivity index (χ1) is 15.3. The van der Waals surface area contributed by atoms with Crippen LogP contribution < -0.4 is 5.32 Å². The Bertz CT molecular complexity index is 1150. The van der Waals surface area contributed by atoms with Crippen LogP contribution in [0.15, 0.2) is 53.1 Å². The molecular formula is C22H24N6OS2. The Balaban J connectivity index is 1.25. The maximum absolute atomic E-state index is 12.7. The fourth-order valence-corrected chi connectivity index (χ4v) is 5.91. The first-order valence-electron chi connectivity index (χ1n) is 10.6. The van der Waals surface area contributed by atoms with Crippen molar-refractivity contribution < 1.29 is 4.79 Å². The van der Waals surface area contributed by atoms with Gasteiger partial charge < -0.3 is 10.3 Å². The third-order valence-corrected chi connectivity index (χ3v) is 7.77. The van der Waals surface area contributed by atoms with E-state index in [0.29, 0.717) is 18.3 Å². The van der Waals surface area contributed by atoms with Gasteiger partial charge in [-0.15, -0.1) is 16.4 Å². The summed E-state index contributed by atoms with van der Waals surface area (Å²) in [6.07, 6.45) is 6.71. The Morgan fingerprint density at radius 2 is 2.13 bits per heavy atom. The van der Waals surface area contributed by atoms with Crippen molar-refractivity contribution in [1.82, 2.24) is 30.5 Å². The smallest absolute Gasteiger partial charge is 0.230 e. The second-order valence-electron chi connectivity index (χ2n) is 7.79. The average molecular weight is 453 g/mol. The molecule has 2 N–H and O–H groups in total. The number of para-hydroxylation sites is 1. The van der Waals surface area contributed by atoms with E-state index in [1.807, 2.05) is 10.7 Å². The van der Waals surface area contributed by atoms with E-state index in [4.69, 9.17) is 0 Å². The first-order valence-corrected chi connectivity index (χ1v) is 12.4. The molecule has 1 saturated carbocycles. The van der Waals surface area contributed by atoms with Crippen LogP contribution in [-0.4, -0.2) is 43.4 Å². The predicted octanol–water partition coefficient (Wildman–Crippen LogP) is 4.37. The van der Waals surface area contributed by atoms with Crippen molar-refractivity contribution in [3.63, 3.8) is 0 Å². The number of thioether (sulfide) groups is 1. The highest BCUT2D eigenvalue weighted by molar-refractivity contribution is 7.99. The topological polar surface area (TPSA) is 88.5 Å². The minimum atomic E-state index is -0.00707. The summed E-state index contributed by atoms with van der Waals surface area (Å²) in [6.45, 7) is 0.551. The zero-order valence-corrected chi connectivity index (χ0v) is 18.7. The van der Waals surface area contributed by atoms with E-state index in [-0.39, 0.29) is 11.8 Å². The van der Waals surface area contributed by atoms with Crippen LogP contribution in [0.25, 0.3) is 10.9 Å². The molecule has 31 heavy (non-hydrogen) atoms. The van der Waals surface area contributed by atoms with E-state index >= 15 is 0 Å². The Hall–Kier alpha value is -2.65. The van der Waals surface area contributed by atoms with Gasteiger partial charge in [-0.3, -0.25) is 4.79 Å². The molecular weight excluding hydrogens is 428 g/mol. The van der Waals surface area contributed by atoms with Gasteiger partial charge in [0.2, 0.25) is 11.1 Å². The van der Waals surface area contributed by atoms with Crippen LogP contribution in [-0.2, 0) is 4.79 Å². The number of aromatic nitrogens is 5. The third kappa shape index (κ3) is 4.38. The lowest BCUT2D eigenvalue weighted by atomic mass is 9.96. The number of benzene rings is 1. The van der Waals surface area contributed by atoms with Crippen LogP contribution in [0.2, 0.25) is 0 Å².